The van der Waals surface area contributed by atoms with Gasteiger partial charge in [0.05, 0.1) is 12.6 Å². The first kappa shape index (κ1) is 16.0. The number of methoxy groups -OCH3 is 2. The predicted molar refractivity (Wildman–Crippen MR) is 86.1 cm³/mol. The van der Waals surface area contributed by atoms with E-state index in [4.69, 9.17) is 21.1 Å². The fourth-order valence-corrected chi connectivity index (χ4v) is 2.46. The van der Waals surface area contributed by atoms with Gasteiger partial charge < -0.3 is 14.4 Å². The van der Waals surface area contributed by atoms with E-state index in [-0.39, 0.29) is 0 Å². The zero-order valence-electron chi connectivity index (χ0n) is 12.7. The van der Waals surface area contributed by atoms with Gasteiger partial charge in [0.25, 0.3) is 0 Å². The number of pyridine rings is 1. The molecule has 0 fully saturated rings. The molecule has 21 heavy (non-hydrogen) atoms. The molecule has 0 aliphatic carbocycles. The van der Waals surface area contributed by atoms with Crippen LogP contribution in [-0.2, 0) is 11.3 Å². The average molecular weight is 309 g/mol. The van der Waals surface area contributed by atoms with Crippen molar-refractivity contribution in [2.24, 2.45) is 0 Å². The molecule has 0 saturated heterocycles. The van der Waals surface area contributed by atoms with E-state index in [0.29, 0.717) is 5.15 Å². The van der Waals surface area contributed by atoms with Crippen molar-refractivity contribution in [3.8, 4) is 5.75 Å². The third-order valence-corrected chi connectivity index (χ3v) is 3.71. The Balaban J connectivity index is 2.15. The molecule has 0 N–H and O–H groups in total. The maximum absolute atomic E-state index is 6.30. The summed E-state index contributed by atoms with van der Waals surface area (Å²) < 4.78 is 10.3. The van der Waals surface area contributed by atoms with Gasteiger partial charge in [-0.25, -0.2) is 4.98 Å². The van der Waals surface area contributed by atoms with Crippen LogP contribution in [0.3, 0.4) is 0 Å². The summed E-state index contributed by atoms with van der Waals surface area (Å²) in [5.74, 6) is 0.788. The zero-order chi connectivity index (χ0) is 15.2. The van der Waals surface area contributed by atoms with E-state index in [2.05, 4.69) is 23.0 Å². The smallest absolute Gasteiger partial charge is 0.134 e. The first-order valence-electron chi connectivity index (χ1n) is 6.94. The number of aromatic nitrogens is 1. The molecule has 4 nitrogen and oxygen atoms in total. The number of rotatable bonds is 7. The SMILES string of the molecule is COCCCN(C)Cc1cc2ccc(OC)cc2nc1Cl. The van der Waals surface area contributed by atoms with Gasteiger partial charge in [-0.05, 0) is 31.7 Å². The monoisotopic (exact) mass is 308 g/mol. The zero-order valence-corrected chi connectivity index (χ0v) is 13.5. The summed E-state index contributed by atoms with van der Waals surface area (Å²) in [4.78, 5) is 6.69. The van der Waals surface area contributed by atoms with Crippen LogP contribution in [-0.4, -0.2) is 44.3 Å². The Hall–Kier alpha value is -1.36. The van der Waals surface area contributed by atoms with Gasteiger partial charge in [-0.2, -0.15) is 0 Å². The minimum atomic E-state index is 0.550. The molecule has 0 spiro atoms. The maximum Gasteiger partial charge on any atom is 0.134 e. The fourth-order valence-electron chi connectivity index (χ4n) is 2.25. The number of hydrogen-bond donors (Lipinski definition) is 0. The first-order valence-corrected chi connectivity index (χ1v) is 7.32. The molecule has 0 aliphatic heterocycles. The van der Waals surface area contributed by atoms with E-state index in [1.807, 2.05) is 18.2 Å². The van der Waals surface area contributed by atoms with Gasteiger partial charge in [-0.1, -0.05) is 11.6 Å². The Labute approximate surface area is 130 Å². The van der Waals surface area contributed by atoms with E-state index in [1.165, 1.54) is 0 Å². The third kappa shape index (κ3) is 4.30. The van der Waals surface area contributed by atoms with Crippen LogP contribution in [0.4, 0.5) is 0 Å². The topological polar surface area (TPSA) is 34.6 Å². The second kappa shape index (κ2) is 7.59. The Morgan fingerprint density at radius 3 is 2.76 bits per heavy atom. The summed E-state index contributed by atoms with van der Waals surface area (Å²) in [6, 6.07) is 7.93. The fraction of sp³-hybridized carbons (Fsp3) is 0.438. The summed E-state index contributed by atoms with van der Waals surface area (Å²) in [6.45, 7) is 2.51. The largest absolute Gasteiger partial charge is 0.497 e. The molecule has 0 bridgehead atoms. The van der Waals surface area contributed by atoms with Gasteiger partial charge in [0.1, 0.15) is 10.9 Å². The molecule has 1 heterocycles. The Bertz CT molecular complexity index is 604. The molecule has 1 aromatic heterocycles. The molecule has 0 saturated carbocycles. The van der Waals surface area contributed by atoms with Crippen LogP contribution in [0, 0.1) is 0 Å². The molecular weight excluding hydrogens is 288 g/mol. The van der Waals surface area contributed by atoms with Crippen LogP contribution in [0.5, 0.6) is 5.75 Å². The number of ether oxygens (including phenoxy) is 2. The molecule has 2 aromatic rings. The number of halogens is 1. The van der Waals surface area contributed by atoms with Gasteiger partial charge in [-0.15, -0.1) is 0 Å². The van der Waals surface area contributed by atoms with Crippen LogP contribution in [0.1, 0.15) is 12.0 Å². The minimum absolute atomic E-state index is 0.550. The summed E-state index contributed by atoms with van der Waals surface area (Å²) in [5, 5.41) is 1.62. The van der Waals surface area contributed by atoms with Crippen molar-refractivity contribution in [2.75, 3.05) is 34.4 Å². The van der Waals surface area contributed by atoms with Gasteiger partial charge in [-0.3, -0.25) is 0 Å². The van der Waals surface area contributed by atoms with Crippen molar-refractivity contribution in [1.82, 2.24) is 9.88 Å². The third-order valence-electron chi connectivity index (χ3n) is 3.38. The van der Waals surface area contributed by atoms with Gasteiger partial charge in [0.15, 0.2) is 0 Å². The van der Waals surface area contributed by atoms with Crippen molar-refractivity contribution in [2.45, 2.75) is 13.0 Å². The van der Waals surface area contributed by atoms with Crippen LogP contribution < -0.4 is 4.74 Å². The van der Waals surface area contributed by atoms with E-state index in [0.717, 1.165) is 48.3 Å². The second-order valence-corrected chi connectivity index (χ2v) is 5.44. The number of benzene rings is 1. The maximum atomic E-state index is 6.30. The summed E-state index contributed by atoms with van der Waals surface area (Å²) >= 11 is 6.30. The standard InChI is InChI=1S/C16H21ClN2O2/c1-19(7-4-8-20-2)11-13-9-12-5-6-14(21-3)10-15(12)18-16(13)17/h5-6,9-10H,4,7-8,11H2,1-3H3. The first-order chi connectivity index (χ1) is 10.1. The highest BCUT2D eigenvalue weighted by molar-refractivity contribution is 6.30. The van der Waals surface area contributed by atoms with Crippen molar-refractivity contribution in [3.05, 3.63) is 35.0 Å². The number of nitrogens with zero attached hydrogens (tertiary/aromatic N) is 2. The van der Waals surface area contributed by atoms with Crippen LogP contribution in [0.25, 0.3) is 10.9 Å². The van der Waals surface area contributed by atoms with E-state index >= 15 is 0 Å². The minimum Gasteiger partial charge on any atom is -0.497 e. The van der Waals surface area contributed by atoms with Crippen molar-refractivity contribution < 1.29 is 9.47 Å². The summed E-state index contributed by atoms with van der Waals surface area (Å²) in [7, 11) is 5.44. The Morgan fingerprint density at radius 1 is 1.24 bits per heavy atom. The lowest BCUT2D eigenvalue weighted by molar-refractivity contribution is 0.178. The lowest BCUT2D eigenvalue weighted by Gasteiger charge is -2.17. The normalized spacial score (nSPS) is 11.3. The van der Waals surface area contributed by atoms with Crippen molar-refractivity contribution >= 4 is 22.5 Å². The number of hydrogen-bond acceptors (Lipinski definition) is 4. The molecule has 0 unspecified atom stereocenters. The molecule has 0 atom stereocenters. The summed E-state index contributed by atoms with van der Waals surface area (Å²) in [6.07, 6.45) is 1.00. The van der Waals surface area contributed by atoms with Crippen LogP contribution >= 0.6 is 11.6 Å². The average Bonchev–Trinajstić information content (AvgIpc) is 2.48. The van der Waals surface area contributed by atoms with Crippen LogP contribution in [0.15, 0.2) is 24.3 Å². The van der Waals surface area contributed by atoms with Gasteiger partial charge in [0.2, 0.25) is 0 Å². The Kier molecular flexibility index (Phi) is 5.79. The van der Waals surface area contributed by atoms with E-state index < -0.39 is 0 Å². The molecule has 1 aromatic carbocycles. The van der Waals surface area contributed by atoms with E-state index in [1.54, 1.807) is 14.2 Å². The second-order valence-electron chi connectivity index (χ2n) is 5.08. The molecule has 114 valence electrons. The summed E-state index contributed by atoms with van der Waals surface area (Å²) in [5.41, 5.74) is 1.89. The molecule has 0 aliphatic rings. The molecule has 5 heteroatoms. The van der Waals surface area contributed by atoms with E-state index in [9.17, 15) is 0 Å². The van der Waals surface area contributed by atoms with Crippen molar-refractivity contribution in [1.29, 1.82) is 0 Å². The lowest BCUT2D eigenvalue weighted by atomic mass is 10.1. The highest BCUT2D eigenvalue weighted by atomic mass is 35.5. The lowest BCUT2D eigenvalue weighted by Crippen LogP contribution is -2.20. The Morgan fingerprint density at radius 2 is 2.05 bits per heavy atom. The highest BCUT2D eigenvalue weighted by Crippen LogP contribution is 2.24. The molecule has 0 radical (unpaired) electrons. The molecular formula is C16H21ClN2O2. The van der Waals surface area contributed by atoms with Gasteiger partial charge in [0, 0.05) is 43.8 Å². The number of fused-ring (bicyclic) bond motifs is 1. The highest BCUT2D eigenvalue weighted by Gasteiger charge is 2.08. The van der Waals surface area contributed by atoms with Crippen molar-refractivity contribution in [3.63, 3.8) is 0 Å². The molecule has 2 rings (SSSR count). The molecule has 0 amide bonds. The van der Waals surface area contributed by atoms with Crippen LogP contribution in [0.2, 0.25) is 5.15 Å². The predicted octanol–water partition coefficient (Wildman–Crippen LogP) is 3.37. The van der Waals surface area contributed by atoms with Gasteiger partial charge >= 0.3 is 0 Å². The quantitative estimate of drug-likeness (QED) is 0.580.